The summed E-state index contributed by atoms with van der Waals surface area (Å²) in [6.45, 7) is 6.22. The van der Waals surface area contributed by atoms with Gasteiger partial charge in [0, 0.05) is 43.6 Å². The second-order valence-electron chi connectivity index (χ2n) is 8.25. The first-order valence-electron chi connectivity index (χ1n) is 11.1. The Hall–Kier alpha value is -3.31. The van der Waals surface area contributed by atoms with Crippen LogP contribution in [0.25, 0.3) is 10.9 Å². The smallest absolute Gasteiger partial charge is 0.299 e. The van der Waals surface area contributed by atoms with Crippen LogP contribution in [0.3, 0.4) is 0 Å². The number of carbonyl (C=O) groups is 2. The van der Waals surface area contributed by atoms with Gasteiger partial charge in [-0.15, -0.1) is 11.3 Å². The minimum atomic E-state index is -0.344. The molecule has 0 aliphatic rings. The van der Waals surface area contributed by atoms with E-state index in [4.69, 9.17) is 5.26 Å². The molecule has 0 saturated heterocycles. The lowest BCUT2D eigenvalue weighted by molar-refractivity contribution is -0.121. The van der Waals surface area contributed by atoms with Crippen molar-refractivity contribution in [3.63, 3.8) is 0 Å². The maximum atomic E-state index is 12.8. The molecule has 33 heavy (non-hydrogen) atoms. The molecule has 0 aliphatic carbocycles. The minimum Gasteiger partial charge on any atom is -0.299 e. The van der Waals surface area contributed by atoms with Crippen molar-refractivity contribution in [2.24, 2.45) is 5.92 Å². The van der Waals surface area contributed by atoms with Crippen molar-refractivity contribution in [1.82, 2.24) is 9.13 Å². The Morgan fingerprint density at radius 2 is 1.67 bits per heavy atom. The molecule has 0 amide bonds. The highest BCUT2D eigenvalue weighted by Gasteiger charge is 2.17. The molecule has 1 atom stereocenters. The molecule has 0 N–H and O–H groups in total. The van der Waals surface area contributed by atoms with Crippen LogP contribution >= 0.6 is 11.3 Å². The monoisotopic (exact) mass is 465 g/mol. The Balaban J connectivity index is 1.67. The molecule has 8 heteroatoms. The molecular formula is C25H27N3O4S. The number of thiophene rings is 1. The Labute approximate surface area is 195 Å². The van der Waals surface area contributed by atoms with Gasteiger partial charge in [-0.25, -0.2) is 4.79 Å². The summed E-state index contributed by atoms with van der Waals surface area (Å²) < 4.78 is 2.77. The van der Waals surface area contributed by atoms with Crippen molar-refractivity contribution in [1.29, 1.82) is 5.26 Å². The molecule has 0 aliphatic heterocycles. The first-order valence-corrected chi connectivity index (χ1v) is 11.9. The summed E-state index contributed by atoms with van der Waals surface area (Å²) >= 11 is 1.31. The zero-order chi connectivity index (χ0) is 24.1. The molecule has 0 fully saturated rings. The first-order chi connectivity index (χ1) is 15.8. The fraction of sp³-hybridized carbons (Fsp3) is 0.400. The van der Waals surface area contributed by atoms with E-state index in [1.54, 1.807) is 41.8 Å². The number of ketones is 2. The number of rotatable bonds is 10. The second kappa shape index (κ2) is 10.5. The third-order valence-electron chi connectivity index (χ3n) is 5.62. The lowest BCUT2D eigenvalue weighted by atomic mass is 9.94. The minimum absolute atomic E-state index is 0.00262. The predicted molar refractivity (Wildman–Crippen MR) is 129 cm³/mol. The van der Waals surface area contributed by atoms with Crippen LogP contribution in [0.2, 0.25) is 0 Å². The van der Waals surface area contributed by atoms with Gasteiger partial charge >= 0.3 is 5.69 Å². The van der Waals surface area contributed by atoms with Crippen LogP contribution in [0, 0.1) is 17.2 Å². The van der Waals surface area contributed by atoms with Crippen molar-refractivity contribution < 1.29 is 9.59 Å². The molecule has 7 nitrogen and oxygen atoms in total. The van der Waals surface area contributed by atoms with Gasteiger partial charge in [0.05, 0.1) is 10.9 Å². The highest BCUT2D eigenvalue weighted by atomic mass is 32.1. The van der Waals surface area contributed by atoms with Gasteiger partial charge in [0.15, 0.2) is 0 Å². The van der Waals surface area contributed by atoms with E-state index >= 15 is 0 Å². The van der Waals surface area contributed by atoms with Crippen LogP contribution in [-0.2, 0) is 35.5 Å². The largest absolute Gasteiger partial charge is 0.331 e. The Bertz CT molecular complexity index is 1360. The number of fused-ring (bicyclic) bond motifs is 1. The number of aromatic nitrogens is 2. The van der Waals surface area contributed by atoms with E-state index in [1.807, 2.05) is 13.8 Å². The van der Waals surface area contributed by atoms with E-state index in [9.17, 15) is 19.2 Å². The SMILES string of the molecule is CCn1c(=O)c2cc(CC(=O)CC(C)CC(=O)Cc3ccc(C#N)s3)ccc2n(CC)c1=O. The number of benzene rings is 1. The van der Waals surface area contributed by atoms with Crippen LogP contribution in [0.15, 0.2) is 39.9 Å². The summed E-state index contributed by atoms with van der Waals surface area (Å²) in [5.74, 6) is -0.0504. The quantitative estimate of drug-likeness (QED) is 0.456. The molecule has 0 spiro atoms. The van der Waals surface area contributed by atoms with E-state index in [0.29, 0.717) is 28.7 Å². The summed E-state index contributed by atoms with van der Waals surface area (Å²) in [5.41, 5.74) is 0.616. The molecule has 3 rings (SSSR count). The number of nitriles is 1. The average Bonchev–Trinajstić information content (AvgIpc) is 3.21. The van der Waals surface area contributed by atoms with Gasteiger partial charge in [-0.05, 0) is 49.6 Å². The van der Waals surface area contributed by atoms with E-state index in [2.05, 4.69) is 6.07 Å². The average molecular weight is 466 g/mol. The van der Waals surface area contributed by atoms with E-state index in [0.717, 1.165) is 10.4 Å². The lowest BCUT2D eigenvalue weighted by Crippen LogP contribution is -2.39. The molecule has 3 aromatic rings. The highest BCUT2D eigenvalue weighted by molar-refractivity contribution is 7.12. The number of carbonyl (C=O) groups excluding carboxylic acids is 2. The van der Waals surface area contributed by atoms with Crippen LogP contribution in [0.5, 0.6) is 0 Å². The van der Waals surface area contributed by atoms with Gasteiger partial charge in [0.25, 0.3) is 5.56 Å². The maximum Gasteiger partial charge on any atom is 0.331 e. The zero-order valence-electron chi connectivity index (χ0n) is 19.1. The highest BCUT2D eigenvalue weighted by Crippen LogP contribution is 2.19. The molecule has 1 unspecified atom stereocenters. The maximum absolute atomic E-state index is 12.8. The van der Waals surface area contributed by atoms with Gasteiger partial charge in [0.1, 0.15) is 22.5 Å². The van der Waals surface area contributed by atoms with Crippen LogP contribution in [0.4, 0.5) is 0 Å². The summed E-state index contributed by atoms with van der Waals surface area (Å²) in [6, 6.07) is 10.8. The van der Waals surface area contributed by atoms with Gasteiger partial charge < -0.3 is 0 Å². The normalized spacial score (nSPS) is 11.9. The molecule has 0 bridgehead atoms. The number of nitrogens with zero attached hydrogens (tertiary/aromatic N) is 3. The van der Waals surface area contributed by atoms with E-state index < -0.39 is 0 Å². The van der Waals surface area contributed by atoms with Gasteiger partial charge in [-0.1, -0.05) is 13.0 Å². The predicted octanol–water partition coefficient (Wildman–Crippen LogP) is 3.48. The van der Waals surface area contributed by atoms with Crippen molar-refractivity contribution in [2.45, 2.75) is 59.5 Å². The molecule has 2 heterocycles. The molecule has 1 aromatic carbocycles. The van der Waals surface area contributed by atoms with Crippen LogP contribution < -0.4 is 11.2 Å². The fourth-order valence-corrected chi connectivity index (χ4v) is 4.95. The summed E-state index contributed by atoms with van der Waals surface area (Å²) in [5, 5.41) is 9.32. The van der Waals surface area contributed by atoms with E-state index in [-0.39, 0.29) is 54.5 Å². The Kier molecular flexibility index (Phi) is 7.77. The molecule has 2 aromatic heterocycles. The first kappa shape index (κ1) is 24.3. The van der Waals surface area contributed by atoms with Crippen LogP contribution in [0.1, 0.15) is 48.9 Å². The third kappa shape index (κ3) is 5.55. The standard InChI is InChI=1S/C25H27N3O4S/c1-4-27-23-9-6-17(13-22(23)24(31)28(5-2)25(27)32)12-18(29)10-16(3)11-19(30)14-20-7-8-21(15-26)33-20/h6-9,13,16H,4-5,10-12,14H2,1-3H3. The number of aryl methyl sites for hydroxylation is 1. The third-order valence-corrected chi connectivity index (χ3v) is 6.61. The van der Waals surface area contributed by atoms with Crippen LogP contribution in [-0.4, -0.2) is 20.7 Å². The fourth-order valence-electron chi connectivity index (χ4n) is 4.11. The van der Waals surface area contributed by atoms with Gasteiger partial charge in [0.2, 0.25) is 0 Å². The Morgan fingerprint density at radius 3 is 2.27 bits per heavy atom. The van der Waals surface area contributed by atoms with Crippen molar-refractivity contribution in [3.05, 3.63) is 66.5 Å². The second-order valence-corrected chi connectivity index (χ2v) is 9.42. The summed E-state index contributed by atoms with van der Waals surface area (Å²) in [6.07, 6.45) is 1.01. The molecule has 172 valence electrons. The number of hydrogen-bond donors (Lipinski definition) is 0. The van der Waals surface area contributed by atoms with Crippen molar-refractivity contribution >= 4 is 33.8 Å². The summed E-state index contributed by atoms with van der Waals surface area (Å²) in [4.78, 5) is 51.7. The van der Waals surface area contributed by atoms with Gasteiger partial charge in [-0.3, -0.25) is 23.5 Å². The molecular weight excluding hydrogens is 438 g/mol. The zero-order valence-corrected chi connectivity index (χ0v) is 19.9. The molecule has 0 saturated carbocycles. The topological polar surface area (TPSA) is 102 Å². The molecule has 0 radical (unpaired) electrons. The van der Waals surface area contributed by atoms with E-state index in [1.165, 1.54) is 15.9 Å². The Morgan fingerprint density at radius 1 is 1.00 bits per heavy atom. The summed E-state index contributed by atoms with van der Waals surface area (Å²) in [7, 11) is 0. The van der Waals surface area contributed by atoms with Crippen molar-refractivity contribution in [2.75, 3.05) is 0 Å². The van der Waals surface area contributed by atoms with Gasteiger partial charge in [-0.2, -0.15) is 5.26 Å². The number of hydrogen-bond acceptors (Lipinski definition) is 6. The van der Waals surface area contributed by atoms with Crippen molar-refractivity contribution in [3.8, 4) is 6.07 Å². The lowest BCUT2D eigenvalue weighted by Gasteiger charge is -2.13. The number of Topliss-reactive ketones (excluding diaryl/α,β-unsaturated/α-hetero) is 2.